The van der Waals surface area contributed by atoms with E-state index in [2.05, 4.69) is 9.97 Å². The van der Waals surface area contributed by atoms with Crippen molar-refractivity contribution in [2.75, 3.05) is 13.2 Å². The van der Waals surface area contributed by atoms with Crippen molar-refractivity contribution < 1.29 is 32.6 Å². The Morgan fingerprint density at radius 3 is 2.50 bits per heavy atom. The number of ether oxygens (including phenoxy) is 2. The third-order valence-corrected chi connectivity index (χ3v) is 3.66. The summed E-state index contributed by atoms with van der Waals surface area (Å²) in [5.41, 5.74) is -3.52. The highest BCUT2D eigenvalue weighted by Gasteiger charge is 2.58. The first-order chi connectivity index (χ1) is 12.0. The molecule has 0 spiro atoms. The van der Waals surface area contributed by atoms with Crippen molar-refractivity contribution in [3.8, 4) is 0 Å². The maximum atomic E-state index is 13.5. The number of hydrogen-bond donors (Lipinski definition) is 0. The Morgan fingerprint density at radius 2 is 1.96 bits per heavy atom. The average Bonchev–Trinajstić information content (AvgIpc) is 2.83. The van der Waals surface area contributed by atoms with Gasteiger partial charge in [-0.2, -0.15) is 13.8 Å². The lowest BCUT2D eigenvalue weighted by Gasteiger charge is -2.26. The maximum Gasteiger partial charge on any atom is 0.417 e. The molecule has 142 valence electrons. The van der Waals surface area contributed by atoms with Gasteiger partial charge in [-0.15, -0.1) is 0 Å². The number of aromatic nitrogens is 2. The number of rotatable bonds is 3. The standard InChI is InChI=1S/C16H19F2N3O5/c1-5-25-12(23)16(9-8-10(17)20-13(18)19-9)6-7-21(11(16)22)14(24)26-15(2,3)4/h8H,5-7H2,1-4H3/t16-/m0/s1. The van der Waals surface area contributed by atoms with Crippen LogP contribution >= 0.6 is 0 Å². The van der Waals surface area contributed by atoms with E-state index in [0.29, 0.717) is 11.0 Å². The second kappa shape index (κ2) is 6.93. The molecule has 2 heterocycles. The third kappa shape index (κ3) is 3.63. The zero-order valence-electron chi connectivity index (χ0n) is 14.8. The Hall–Kier alpha value is -2.65. The minimum absolute atomic E-state index is 0.0731. The second-order valence-electron chi connectivity index (χ2n) is 6.66. The van der Waals surface area contributed by atoms with Crippen molar-refractivity contribution in [3.05, 3.63) is 23.8 Å². The smallest absolute Gasteiger partial charge is 0.417 e. The number of halogens is 2. The molecular formula is C16H19F2N3O5. The average molecular weight is 371 g/mol. The first-order valence-corrected chi connectivity index (χ1v) is 7.94. The minimum Gasteiger partial charge on any atom is -0.465 e. The van der Waals surface area contributed by atoms with Crippen LogP contribution in [0.2, 0.25) is 0 Å². The molecule has 26 heavy (non-hydrogen) atoms. The van der Waals surface area contributed by atoms with E-state index in [1.165, 1.54) is 6.92 Å². The highest BCUT2D eigenvalue weighted by atomic mass is 19.1. The first-order valence-electron chi connectivity index (χ1n) is 7.94. The van der Waals surface area contributed by atoms with Gasteiger partial charge in [0.25, 0.3) is 5.91 Å². The Bertz CT molecular complexity index is 730. The van der Waals surface area contributed by atoms with Crippen molar-refractivity contribution in [1.82, 2.24) is 14.9 Å². The number of likely N-dealkylation sites (tertiary alicyclic amines) is 1. The zero-order chi connectivity index (χ0) is 19.7. The molecule has 0 N–H and O–H groups in total. The summed E-state index contributed by atoms with van der Waals surface area (Å²) in [4.78, 5) is 44.7. The molecule has 10 heteroatoms. The molecule has 0 saturated carbocycles. The molecule has 1 aliphatic rings. The summed E-state index contributed by atoms with van der Waals surface area (Å²) in [6, 6.07) is 0.677. The first kappa shape index (κ1) is 19.7. The van der Waals surface area contributed by atoms with E-state index in [1.54, 1.807) is 20.8 Å². The summed E-state index contributed by atoms with van der Waals surface area (Å²) >= 11 is 0. The van der Waals surface area contributed by atoms with Crippen LogP contribution < -0.4 is 0 Å². The van der Waals surface area contributed by atoms with Crippen molar-refractivity contribution in [3.63, 3.8) is 0 Å². The van der Waals surface area contributed by atoms with Crippen molar-refractivity contribution in [2.45, 2.75) is 45.1 Å². The van der Waals surface area contributed by atoms with E-state index in [-0.39, 0.29) is 19.6 Å². The molecule has 0 unspecified atom stereocenters. The molecule has 0 aliphatic carbocycles. The number of esters is 1. The molecule has 1 aromatic heterocycles. The van der Waals surface area contributed by atoms with Crippen LogP contribution in [0.5, 0.6) is 0 Å². The van der Waals surface area contributed by atoms with Gasteiger partial charge >= 0.3 is 18.1 Å². The molecule has 0 radical (unpaired) electrons. The molecule has 0 bridgehead atoms. The highest BCUT2D eigenvalue weighted by molar-refractivity contribution is 6.13. The van der Waals surface area contributed by atoms with Crippen LogP contribution in [-0.4, -0.2) is 51.6 Å². The molecule has 2 amide bonds. The minimum atomic E-state index is -2.14. The zero-order valence-corrected chi connectivity index (χ0v) is 14.8. The van der Waals surface area contributed by atoms with Gasteiger partial charge in [0.2, 0.25) is 5.95 Å². The largest absolute Gasteiger partial charge is 0.465 e. The fraction of sp³-hybridized carbons (Fsp3) is 0.562. The number of amides is 2. The summed E-state index contributed by atoms with van der Waals surface area (Å²) in [5, 5.41) is 0. The quantitative estimate of drug-likeness (QED) is 0.345. The van der Waals surface area contributed by atoms with Crippen molar-refractivity contribution in [1.29, 1.82) is 0 Å². The summed E-state index contributed by atoms with van der Waals surface area (Å²) in [7, 11) is 0. The van der Waals surface area contributed by atoms with Gasteiger partial charge in [-0.05, 0) is 34.1 Å². The van der Waals surface area contributed by atoms with E-state index in [1.807, 2.05) is 0 Å². The molecule has 1 aromatic rings. The number of nitrogens with zero attached hydrogens (tertiary/aromatic N) is 3. The maximum absolute atomic E-state index is 13.5. The molecular weight excluding hydrogens is 352 g/mol. The molecule has 1 saturated heterocycles. The van der Waals surface area contributed by atoms with Crippen LogP contribution in [0.15, 0.2) is 6.07 Å². The predicted molar refractivity (Wildman–Crippen MR) is 82.8 cm³/mol. The number of imide groups is 1. The second-order valence-corrected chi connectivity index (χ2v) is 6.66. The van der Waals surface area contributed by atoms with E-state index < -0.39 is 46.7 Å². The lowest BCUT2D eigenvalue weighted by molar-refractivity contribution is -0.155. The van der Waals surface area contributed by atoms with Gasteiger partial charge in [0.1, 0.15) is 5.60 Å². The lowest BCUT2D eigenvalue weighted by Crippen LogP contribution is -2.48. The topological polar surface area (TPSA) is 98.7 Å². The molecule has 0 aromatic carbocycles. The Balaban J connectivity index is 2.48. The van der Waals surface area contributed by atoms with E-state index in [0.717, 1.165) is 0 Å². The Kier molecular flexibility index (Phi) is 5.24. The number of carbonyl (C=O) groups excluding carboxylic acids is 3. The molecule has 1 atom stereocenters. The van der Waals surface area contributed by atoms with Crippen LogP contribution in [0.4, 0.5) is 13.6 Å². The highest BCUT2D eigenvalue weighted by Crippen LogP contribution is 2.37. The summed E-state index contributed by atoms with van der Waals surface area (Å²) in [5.74, 6) is -3.31. The van der Waals surface area contributed by atoms with Crippen molar-refractivity contribution >= 4 is 18.0 Å². The molecule has 8 nitrogen and oxygen atoms in total. The van der Waals surface area contributed by atoms with Gasteiger partial charge in [0, 0.05) is 12.6 Å². The van der Waals surface area contributed by atoms with Gasteiger partial charge in [-0.3, -0.25) is 9.59 Å². The van der Waals surface area contributed by atoms with Gasteiger partial charge in [-0.25, -0.2) is 14.7 Å². The predicted octanol–water partition coefficient (Wildman–Crippen LogP) is 1.72. The fourth-order valence-corrected chi connectivity index (χ4v) is 2.60. The Morgan fingerprint density at radius 1 is 1.31 bits per heavy atom. The van der Waals surface area contributed by atoms with Crippen molar-refractivity contribution in [2.24, 2.45) is 0 Å². The summed E-state index contributed by atoms with van der Waals surface area (Å²) in [6.45, 7) is 6.08. The van der Waals surface area contributed by atoms with Crippen LogP contribution in [-0.2, 0) is 24.5 Å². The molecule has 1 fully saturated rings. The monoisotopic (exact) mass is 371 g/mol. The SMILES string of the molecule is CCOC(=O)[C@]1(c2cc(F)nc(F)n2)CCN(C(=O)OC(C)(C)C)C1=O. The summed E-state index contributed by atoms with van der Waals surface area (Å²) < 4.78 is 37.1. The Labute approximate surface area is 148 Å². The third-order valence-electron chi connectivity index (χ3n) is 3.66. The van der Waals surface area contributed by atoms with Crippen LogP contribution in [0.1, 0.15) is 39.8 Å². The molecule has 1 aliphatic heterocycles. The van der Waals surface area contributed by atoms with Gasteiger partial charge < -0.3 is 9.47 Å². The molecule has 2 rings (SSSR count). The van der Waals surface area contributed by atoms with E-state index >= 15 is 0 Å². The van der Waals surface area contributed by atoms with E-state index in [9.17, 15) is 23.2 Å². The van der Waals surface area contributed by atoms with E-state index in [4.69, 9.17) is 9.47 Å². The van der Waals surface area contributed by atoms with Crippen LogP contribution in [0, 0.1) is 12.0 Å². The van der Waals surface area contributed by atoms with Gasteiger partial charge in [0.15, 0.2) is 5.41 Å². The van der Waals surface area contributed by atoms with Crippen LogP contribution in [0.25, 0.3) is 0 Å². The number of hydrogen-bond acceptors (Lipinski definition) is 7. The van der Waals surface area contributed by atoms with Crippen LogP contribution in [0.3, 0.4) is 0 Å². The number of carbonyl (C=O) groups is 3. The normalized spacial score (nSPS) is 20.2. The van der Waals surface area contributed by atoms with Gasteiger partial charge in [0.05, 0.1) is 12.3 Å². The lowest BCUT2D eigenvalue weighted by atomic mass is 9.82. The fourth-order valence-electron chi connectivity index (χ4n) is 2.60. The van der Waals surface area contributed by atoms with Gasteiger partial charge in [-0.1, -0.05) is 0 Å². The summed E-state index contributed by atoms with van der Waals surface area (Å²) in [6.07, 6.45) is -2.66.